The number of aliphatic hydroxyl groups is 2. The highest BCUT2D eigenvalue weighted by Crippen LogP contribution is 2.50. The molecule has 0 bridgehead atoms. The van der Waals surface area contributed by atoms with E-state index in [1.54, 1.807) is 19.0 Å². The third kappa shape index (κ3) is 5.96. The van der Waals surface area contributed by atoms with E-state index in [4.69, 9.17) is 0 Å². The first-order valence-corrected chi connectivity index (χ1v) is 10.2. The molecule has 2 rings (SSSR count). The lowest BCUT2D eigenvalue weighted by Gasteiger charge is -2.19. The fourth-order valence-corrected chi connectivity index (χ4v) is 4.38. The van der Waals surface area contributed by atoms with Gasteiger partial charge in [0.15, 0.2) is 0 Å². The molecule has 0 aromatic carbocycles. The second-order valence-corrected chi connectivity index (χ2v) is 8.39. The summed E-state index contributed by atoms with van der Waals surface area (Å²) < 4.78 is 0. The van der Waals surface area contributed by atoms with Gasteiger partial charge in [0, 0.05) is 32.9 Å². The van der Waals surface area contributed by atoms with Crippen LogP contribution in [-0.4, -0.2) is 47.3 Å². The Bertz CT molecular complexity index is 625. The van der Waals surface area contributed by atoms with E-state index < -0.39 is 6.10 Å². The molecular weight excluding hydrogens is 338 g/mol. The third-order valence-corrected chi connectivity index (χ3v) is 6.12. The minimum absolute atomic E-state index is 0.0938. The van der Waals surface area contributed by atoms with Crippen molar-refractivity contribution in [3.05, 3.63) is 23.8 Å². The van der Waals surface area contributed by atoms with Crippen LogP contribution in [-0.2, 0) is 4.79 Å². The Morgan fingerprint density at radius 1 is 1.37 bits per heavy atom. The highest BCUT2D eigenvalue weighted by molar-refractivity contribution is 5.75. The van der Waals surface area contributed by atoms with Crippen molar-refractivity contribution in [2.24, 2.45) is 23.7 Å². The molecule has 2 fully saturated rings. The summed E-state index contributed by atoms with van der Waals surface area (Å²) in [7, 11) is 3.58. The standard InChI is InChI=1S/C23H35NO3/c1-5-6-8-16(2)21(25)12-11-19-20-14-17(13-18(20)15-22(19)26)9-7-10-23(27)24(3)4/h9,11-12,16,18-22,25-26H,7-8,10,13-15H2,1-4H3/b12-11+,17-9+/t16-,18+,19-,20+,21-,22-/m1/s1. The van der Waals surface area contributed by atoms with Crippen LogP contribution < -0.4 is 0 Å². The molecule has 0 aromatic rings. The van der Waals surface area contributed by atoms with Crippen molar-refractivity contribution in [3.8, 4) is 11.8 Å². The molecule has 2 aliphatic carbocycles. The van der Waals surface area contributed by atoms with Crippen molar-refractivity contribution < 1.29 is 15.0 Å². The molecule has 0 unspecified atom stereocenters. The van der Waals surface area contributed by atoms with Crippen molar-refractivity contribution >= 4 is 5.91 Å². The largest absolute Gasteiger partial charge is 0.392 e. The van der Waals surface area contributed by atoms with Crippen molar-refractivity contribution in [3.63, 3.8) is 0 Å². The van der Waals surface area contributed by atoms with Crippen LogP contribution >= 0.6 is 0 Å². The summed E-state index contributed by atoms with van der Waals surface area (Å²) in [5, 5.41) is 20.8. The summed E-state index contributed by atoms with van der Waals surface area (Å²) in [4.78, 5) is 13.3. The van der Waals surface area contributed by atoms with E-state index in [9.17, 15) is 15.0 Å². The molecule has 0 radical (unpaired) electrons. The fraction of sp³-hybridized carbons (Fsp3) is 0.696. The van der Waals surface area contributed by atoms with Gasteiger partial charge in [-0.05, 0) is 50.4 Å². The first-order valence-electron chi connectivity index (χ1n) is 10.2. The summed E-state index contributed by atoms with van der Waals surface area (Å²) >= 11 is 0. The van der Waals surface area contributed by atoms with Gasteiger partial charge in [-0.25, -0.2) is 0 Å². The summed E-state index contributed by atoms with van der Waals surface area (Å²) in [5.41, 5.74) is 1.42. The van der Waals surface area contributed by atoms with Gasteiger partial charge in [-0.2, -0.15) is 0 Å². The van der Waals surface area contributed by atoms with E-state index in [0.29, 0.717) is 24.7 Å². The number of hydrogen-bond donors (Lipinski definition) is 2. The number of hydrogen-bond acceptors (Lipinski definition) is 3. The molecular formula is C23H35NO3. The van der Waals surface area contributed by atoms with Crippen LogP contribution in [0.15, 0.2) is 23.8 Å². The Morgan fingerprint density at radius 2 is 2.11 bits per heavy atom. The van der Waals surface area contributed by atoms with Crippen LogP contribution in [0.3, 0.4) is 0 Å². The summed E-state index contributed by atoms with van der Waals surface area (Å²) in [6.45, 7) is 3.81. The van der Waals surface area contributed by atoms with Crippen LogP contribution in [0.2, 0.25) is 0 Å². The molecule has 150 valence electrons. The van der Waals surface area contributed by atoms with Crippen LogP contribution in [0.1, 0.15) is 52.4 Å². The second kappa shape index (κ2) is 10.1. The van der Waals surface area contributed by atoms with Crippen LogP contribution in [0, 0.1) is 35.5 Å². The Labute approximate surface area is 164 Å². The molecule has 0 heterocycles. The zero-order valence-electron chi connectivity index (χ0n) is 17.2. The van der Waals surface area contributed by atoms with E-state index in [2.05, 4.69) is 17.9 Å². The van der Waals surface area contributed by atoms with E-state index in [1.807, 2.05) is 26.0 Å². The Morgan fingerprint density at radius 3 is 2.78 bits per heavy atom. The zero-order valence-corrected chi connectivity index (χ0v) is 17.2. The lowest BCUT2D eigenvalue weighted by Crippen LogP contribution is -2.20. The quantitative estimate of drug-likeness (QED) is 0.532. The summed E-state index contributed by atoms with van der Waals surface area (Å²) in [5.74, 6) is 7.22. The smallest absolute Gasteiger partial charge is 0.222 e. The Balaban J connectivity index is 1.91. The molecule has 6 atom stereocenters. The average Bonchev–Trinajstić information content (AvgIpc) is 3.13. The molecule has 0 aromatic heterocycles. The minimum Gasteiger partial charge on any atom is -0.392 e. The van der Waals surface area contributed by atoms with Crippen molar-refractivity contribution in [2.75, 3.05) is 14.1 Å². The number of rotatable bonds is 7. The number of carbonyl (C=O) groups excluding carboxylic acids is 1. The average molecular weight is 374 g/mol. The zero-order chi connectivity index (χ0) is 20.0. The van der Waals surface area contributed by atoms with Gasteiger partial charge in [-0.15, -0.1) is 11.8 Å². The topological polar surface area (TPSA) is 60.8 Å². The van der Waals surface area contributed by atoms with E-state index in [1.165, 1.54) is 5.57 Å². The first kappa shape index (κ1) is 21.7. The van der Waals surface area contributed by atoms with Crippen molar-refractivity contribution in [1.29, 1.82) is 0 Å². The van der Waals surface area contributed by atoms with Gasteiger partial charge in [0.1, 0.15) is 0 Å². The van der Waals surface area contributed by atoms with Crippen molar-refractivity contribution in [1.82, 2.24) is 4.90 Å². The molecule has 27 heavy (non-hydrogen) atoms. The predicted molar refractivity (Wildman–Crippen MR) is 109 cm³/mol. The number of nitrogens with zero attached hydrogens (tertiary/aromatic N) is 1. The maximum absolute atomic E-state index is 11.7. The third-order valence-electron chi connectivity index (χ3n) is 6.12. The van der Waals surface area contributed by atoms with Crippen LogP contribution in [0.5, 0.6) is 0 Å². The number of aliphatic hydroxyl groups excluding tert-OH is 2. The van der Waals surface area contributed by atoms with Crippen LogP contribution in [0.4, 0.5) is 0 Å². The van der Waals surface area contributed by atoms with Gasteiger partial charge in [0.2, 0.25) is 5.91 Å². The molecule has 0 aliphatic heterocycles. The lowest BCUT2D eigenvalue weighted by molar-refractivity contribution is -0.128. The van der Waals surface area contributed by atoms with Crippen molar-refractivity contribution in [2.45, 2.75) is 64.6 Å². The molecule has 2 N–H and O–H groups in total. The van der Waals surface area contributed by atoms with Crippen LogP contribution in [0.25, 0.3) is 0 Å². The second-order valence-electron chi connectivity index (χ2n) is 8.39. The monoisotopic (exact) mass is 373 g/mol. The number of amides is 1. The van der Waals surface area contributed by atoms with Gasteiger partial charge in [-0.3, -0.25) is 4.79 Å². The highest BCUT2D eigenvalue weighted by Gasteiger charge is 2.44. The number of fused-ring (bicyclic) bond motifs is 1. The Kier molecular flexibility index (Phi) is 8.13. The minimum atomic E-state index is -0.523. The summed E-state index contributed by atoms with van der Waals surface area (Å²) in [6.07, 6.45) is 10.2. The normalized spacial score (nSPS) is 30.8. The maximum atomic E-state index is 11.7. The van der Waals surface area contributed by atoms with Gasteiger partial charge in [0.05, 0.1) is 12.2 Å². The molecule has 2 saturated carbocycles. The first-order chi connectivity index (χ1) is 12.8. The molecule has 4 heteroatoms. The van der Waals surface area contributed by atoms with E-state index in [0.717, 1.165) is 25.7 Å². The SMILES string of the molecule is CC#CC[C@@H](C)[C@H](O)/C=C/[C@@H]1[C@H]2C/C(=C/CCC(=O)N(C)C)C[C@H]2C[C@H]1O. The van der Waals surface area contributed by atoms with Gasteiger partial charge in [0.25, 0.3) is 0 Å². The van der Waals surface area contributed by atoms with Gasteiger partial charge >= 0.3 is 0 Å². The molecule has 4 nitrogen and oxygen atoms in total. The van der Waals surface area contributed by atoms with E-state index >= 15 is 0 Å². The molecule has 0 spiro atoms. The lowest BCUT2D eigenvalue weighted by atomic mass is 9.89. The number of allylic oxidation sites excluding steroid dienone is 2. The molecule has 1 amide bonds. The fourth-order valence-electron chi connectivity index (χ4n) is 4.38. The van der Waals surface area contributed by atoms with Gasteiger partial charge in [-0.1, -0.05) is 30.7 Å². The summed E-state index contributed by atoms with van der Waals surface area (Å²) in [6, 6.07) is 0. The molecule has 2 aliphatic rings. The number of carbonyl (C=O) groups is 1. The maximum Gasteiger partial charge on any atom is 0.222 e. The molecule has 0 saturated heterocycles. The predicted octanol–water partition coefficient (Wildman–Crippen LogP) is 3.15. The highest BCUT2D eigenvalue weighted by atomic mass is 16.3. The van der Waals surface area contributed by atoms with Gasteiger partial charge < -0.3 is 15.1 Å². The Hall–Kier alpha value is -1.57. The van der Waals surface area contributed by atoms with E-state index in [-0.39, 0.29) is 23.8 Å².